The predicted octanol–water partition coefficient (Wildman–Crippen LogP) is 2.80. The fourth-order valence-corrected chi connectivity index (χ4v) is 8.68. The molecule has 0 aromatic carbocycles. The second-order valence-corrected chi connectivity index (χ2v) is 16.7. The summed E-state index contributed by atoms with van der Waals surface area (Å²) >= 11 is 0. The first-order chi connectivity index (χ1) is 5.97. The van der Waals surface area contributed by atoms with Crippen molar-refractivity contribution in [2.75, 3.05) is 6.29 Å². The van der Waals surface area contributed by atoms with Crippen LogP contribution >= 0.6 is 7.60 Å². The Morgan fingerprint density at radius 2 is 1.29 bits per heavy atom. The number of hydrogen-bond donors (Lipinski definition) is 1. The molecule has 2 N–H and O–H groups in total. The van der Waals surface area contributed by atoms with Gasteiger partial charge in [-0.1, -0.05) is 0 Å². The van der Waals surface area contributed by atoms with Crippen molar-refractivity contribution >= 4 is 24.2 Å². The average molecular weight is 255 g/mol. The van der Waals surface area contributed by atoms with Crippen molar-refractivity contribution in [3.05, 3.63) is 0 Å². The Hall–Kier alpha value is 0.544. The van der Waals surface area contributed by atoms with Crippen molar-refractivity contribution in [1.29, 1.82) is 0 Å². The molecule has 14 heavy (non-hydrogen) atoms. The van der Waals surface area contributed by atoms with E-state index in [0.717, 1.165) is 0 Å². The van der Waals surface area contributed by atoms with Gasteiger partial charge in [0.15, 0.2) is 16.6 Å². The summed E-state index contributed by atoms with van der Waals surface area (Å²) in [5, 5.41) is 0. The lowest BCUT2D eigenvalue weighted by atomic mass is 11.6. The molecule has 0 aliphatic rings. The largest absolute Gasteiger partial charge is 0.351 e. The molecule has 0 fully saturated rings. The SMILES string of the molecule is C[Si](C)(C)OP(=O)(CN)O[Si](C)(C)C. The Labute approximate surface area is 89.0 Å². The number of nitrogens with two attached hydrogens (primary N) is 1. The zero-order valence-electron chi connectivity index (χ0n) is 9.96. The number of hydrogen-bond acceptors (Lipinski definition) is 4. The molecule has 0 radical (unpaired) electrons. The van der Waals surface area contributed by atoms with Crippen LogP contribution in [-0.4, -0.2) is 22.9 Å². The van der Waals surface area contributed by atoms with Gasteiger partial charge in [0, 0.05) is 0 Å². The third kappa shape index (κ3) is 6.92. The van der Waals surface area contributed by atoms with E-state index in [4.69, 9.17) is 14.2 Å². The summed E-state index contributed by atoms with van der Waals surface area (Å²) in [5.41, 5.74) is 5.45. The molecule has 0 aromatic rings. The van der Waals surface area contributed by atoms with Crippen molar-refractivity contribution < 1.29 is 13.0 Å². The minimum absolute atomic E-state index is 0.0263. The van der Waals surface area contributed by atoms with E-state index in [1.807, 2.05) is 39.3 Å². The van der Waals surface area contributed by atoms with Gasteiger partial charge in [-0.3, -0.25) is 4.57 Å². The summed E-state index contributed by atoms with van der Waals surface area (Å²) in [4.78, 5) is 0. The molecule has 0 aliphatic carbocycles. The molecule has 0 aliphatic heterocycles. The fraction of sp³-hybridized carbons (Fsp3) is 1.00. The van der Waals surface area contributed by atoms with Crippen LogP contribution < -0.4 is 5.73 Å². The summed E-state index contributed by atoms with van der Waals surface area (Å²) in [6, 6.07) is 0. The third-order valence-corrected chi connectivity index (χ3v) is 8.10. The molecule has 0 saturated carbocycles. The number of rotatable bonds is 5. The van der Waals surface area contributed by atoms with Crippen molar-refractivity contribution in [3.63, 3.8) is 0 Å². The standard InChI is InChI=1S/C7H22NO3PSi2/c1-13(2,3)10-12(9,7-8)11-14(4,5)6/h7-8H2,1-6H3. The van der Waals surface area contributed by atoms with Crippen molar-refractivity contribution in [2.45, 2.75) is 39.3 Å². The summed E-state index contributed by atoms with van der Waals surface area (Å²) < 4.78 is 23.2. The van der Waals surface area contributed by atoms with E-state index in [-0.39, 0.29) is 6.29 Å². The van der Waals surface area contributed by atoms with Crippen LogP contribution in [0.15, 0.2) is 0 Å². The highest BCUT2D eigenvalue weighted by Crippen LogP contribution is 2.51. The summed E-state index contributed by atoms with van der Waals surface area (Å²) in [5.74, 6) is 0. The maximum atomic E-state index is 12.1. The molecule has 4 nitrogen and oxygen atoms in total. The van der Waals surface area contributed by atoms with Crippen LogP contribution in [0.3, 0.4) is 0 Å². The molecule has 0 aromatic heterocycles. The van der Waals surface area contributed by atoms with E-state index in [0.29, 0.717) is 0 Å². The molecule has 0 saturated heterocycles. The highest BCUT2D eigenvalue weighted by molar-refractivity contribution is 7.57. The van der Waals surface area contributed by atoms with Gasteiger partial charge in [-0.05, 0) is 39.3 Å². The monoisotopic (exact) mass is 255 g/mol. The Morgan fingerprint density at radius 1 is 1.00 bits per heavy atom. The quantitative estimate of drug-likeness (QED) is 0.606. The van der Waals surface area contributed by atoms with Gasteiger partial charge in [-0.2, -0.15) is 0 Å². The molecule has 0 rings (SSSR count). The lowest BCUT2D eigenvalue weighted by Crippen LogP contribution is -2.31. The Morgan fingerprint density at radius 3 is 1.43 bits per heavy atom. The maximum absolute atomic E-state index is 12.1. The second kappa shape index (κ2) is 4.59. The van der Waals surface area contributed by atoms with E-state index in [1.54, 1.807) is 0 Å². The van der Waals surface area contributed by atoms with Gasteiger partial charge in [0.05, 0.1) is 6.29 Å². The molecule has 7 heteroatoms. The highest BCUT2D eigenvalue weighted by Gasteiger charge is 2.35. The average Bonchev–Trinajstić information content (AvgIpc) is 1.78. The van der Waals surface area contributed by atoms with Crippen LogP contribution in [0.25, 0.3) is 0 Å². The van der Waals surface area contributed by atoms with Crippen LogP contribution in [0.4, 0.5) is 0 Å². The van der Waals surface area contributed by atoms with Crippen molar-refractivity contribution in [2.24, 2.45) is 5.73 Å². The van der Waals surface area contributed by atoms with Crippen LogP contribution in [0.1, 0.15) is 0 Å². The van der Waals surface area contributed by atoms with Gasteiger partial charge in [-0.15, -0.1) is 0 Å². The Kier molecular flexibility index (Phi) is 4.77. The molecule has 86 valence electrons. The lowest BCUT2D eigenvalue weighted by molar-refractivity contribution is 0.383. The van der Waals surface area contributed by atoms with Crippen molar-refractivity contribution in [1.82, 2.24) is 0 Å². The first-order valence-electron chi connectivity index (χ1n) is 4.68. The molecule has 0 unspecified atom stereocenters. The minimum Gasteiger partial charge on any atom is -0.351 e. The van der Waals surface area contributed by atoms with E-state index in [1.165, 1.54) is 0 Å². The van der Waals surface area contributed by atoms with Crippen LogP contribution in [-0.2, 0) is 13.0 Å². The summed E-state index contributed by atoms with van der Waals surface area (Å²) in [7, 11) is -6.76. The van der Waals surface area contributed by atoms with Gasteiger partial charge in [0.2, 0.25) is 0 Å². The smallest absolute Gasteiger partial charge is 0.324 e. The summed E-state index contributed by atoms with van der Waals surface area (Å²) in [6.07, 6.45) is -0.0263. The third-order valence-electron chi connectivity index (χ3n) is 1.05. The zero-order chi connectivity index (χ0) is 11.6. The first kappa shape index (κ1) is 14.5. The second-order valence-electron chi connectivity index (χ2n) is 5.20. The van der Waals surface area contributed by atoms with E-state index in [2.05, 4.69) is 0 Å². The van der Waals surface area contributed by atoms with E-state index >= 15 is 0 Å². The van der Waals surface area contributed by atoms with Crippen molar-refractivity contribution in [3.8, 4) is 0 Å². The van der Waals surface area contributed by atoms with Gasteiger partial charge in [0.1, 0.15) is 0 Å². The Bertz CT molecular complexity index is 214. The topological polar surface area (TPSA) is 61.5 Å². The van der Waals surface area contributed by atoms with E-state index in [9.17, 15) is 4.57 Å². The first-order valence-corrected chi connectivity index (χ1v) is 13.2. The minimum atomic E-state index is -3.04. The van der Waals surface area contributed by atoms with Crippen LogP contribution in [0.5, 0.6) is 0 Å². The van der Waals surface area contributed by atoms with Crippen LogP contribution in [0, 0.1) is 0 Å². The highest BCUT2D eigenvalue weighted by atomic mass is 31.2. The molecule has 0 spiro atoms. The molecule has 0 bridgehead atoms. The zero-order valence-corrected chi connectivity index (χ0v) is 12.9. The molecule has 0 atom stereocenters. The normalized spacial score (nSPS) is 14.5. The van der Waals surface area contributed by atoms with Gasteiger partial charge >= 0.3 is 7.60 Å². The lowest BCUT2D eigenvalue weighted by Gasteiger charge is -2.29. The molecule has 0 amide bonds. The van der Waals surface area contributed by atoms with Gasteiger partial charge < -0.3 is 14.2 Å². The van der Waals surface area contributed by atoms with E-state index < -0.39 is 24.2 Å². The fourth-order valence-electron chi connectivity index (χ4n) is 0.928. The predicted molar refractivity (Wildman–Crippen MR) is 65.5 cm³/mol. The van der Waals surface area contributed by atoms with Gasteiger partial charge in [0.25, 0.3) is 0 Å². The van der Waals surface area contributed by atoms with Crippen LogP contribution in [0.2, 0.25) is 39.3 Å². The van der Waals surface area contributed by atoms with Gasteiger partial charge in [-0.25, -0.2) is 0 Å². The molecule has 0 heterocycles. The molecular weight excluding hydrogens is 233 g/mol. The Balaban J connectivity index is 4.59. The molecular formula is C7H22NO3PSi2. The summed E-state index contributed by atoms with van der Waals surface area (Å²) in [6.45, 7) is 11.9. The maximum Gasteiger partial charge on any atom is 0.324 e.